The molecule has 2 fully saturated rings. The van der Waals surface area contributed by atoms with Gasteiger partial charge >= 0.3 is 0 Å². The fourth-order valence-corrected chi connectivity index (χ4v) is 4.07. The molecule has 3 aliphatic rings. The Hall–Kier alpha value is -1.13. The molecular weight excluding hydrogens is 243 g/mol. The van der Waals surface area contributed by atoms with Gasteiger partial charge in [-0.2, -0.15) is 0 Å². The first-order valence-corrected chi connectivity index (χ1v) is 7.13. The van der Waals surface area contributed by atoms with Gasteiger partial charge in [0, 0.05) is 49.5 Å². The number of piperidine rings is 1. The average Bonchev–Trinajstić information content (AvgIpc) is 2.79. The average molecular weight is 262 g/mol. The van der Waals surface area contributed by atoms with E-state index in [2.05, 4.69) is 4.90 Å². The van der Waals surface area contributed by atoms with Crippen LogP contribution in [-0.4, -0.2) is 30.1 Å². The second kappa shape index (κ2) is 3.93. The van der Waals surface area contributed by atoms with Crippen molar-refractivity contribution in [1.29, 1.82) is 0 Å². The van der Waals surface area contributed by atoms with E-state index in [1.807, 2.05) is 0 Å². The zero-order valence-electron chi connectivity index (χ0n) is 10.9. The van der Waals surface area contributed by atoms with Crippen LogP contribution in [0.4, 0.5) is 4.39 Å². The van der Waals surface area contributed by atoms with Gasteiger partial charge in [0.1, 0.15) is 17.2 Å². The number of rotatable bonds is 0. The van der Waals surface area contributed by atoms with Gasteiger partial charge in [0.2, 0.25) is 0 Å². The van der Waals surface area contributed by atoms with Crippen molar-refractivity contribution in [3.8, 4) is 5.75 Å². The minimum absolute atomic E-state index is 0.0310. The predicted octanol–water partition coefficient (Wildman–Crippen LogP) is 2.07. The molecule has 19 heavy (non-hydrogen) atoms. The van der Waals surface area contributed by atoms with Gasteiger partial charge in [-0.15, -0.1) is 0 Å². The lowest BCUT2D eigenvalue weighted by Gasteiger charge is -2.47. The lowest BCUT2D eigenvalue weighted by molar-refractivity contribution is -0.0441. The van der Waals surface area contributed by atoms with E-state index in [0.717, 1.165) is 31.5 Å². The summed E-state index contributed by atoms with van der Waals surface area (Å²) in [6.07, 6.45) is 3.06. The lowest BCUT2D eigenvalue weighted by Crippen LogP contribution is -2.53. The molecule has 0 aromatic heterocycles. The van der Waals surface area contributed by atoms with E-state index in [1.54, 1.807) is 6.07 Å². The van der Waals surface area contributed by atoms with Crippen molar-refractivity contribution in [1.82, 2.24) is 4.90 Å². The van der Waals surface area contributed by atoms with Crippen molar-refractivity contribution < 1.29 is 9.13 Å². The Balaban J connectivity index is 1.73. The zero-order valence-corrected chi connectivity index (χ0v) is 10.9. The van der Waals surface area contributed by atoms with Crippen molar-refractivity contribution in [2.45, 2.75) is 30.9 Å². The van der Waals surface area contributed by atoms with Gasteiger partial charge < -0.3 is 15.4 Å². The van der Waals surface area contributed by atoms with Crippen LogP contribution < -0.4 is 10.5 Å². The Labute approximate surface area is 112 Å². The second-order valence-corrected chi connectivity index (χ2v) is 6.20. The van der Waals surface area contributed by atoms with E-state index in [0.29, 0.717) is 11.7 Å². The molecule has 2 saturated heterocycles. The van der Waals surface area contributed by atoms with Crippen molar-refractivity contribution in [2.24, 2.45) is 11.7 Å². The molecule has 2 bridgehead atoms. The quantitative estimate of drug-likeness (QED) is 0.778. The fourth-order valence-electron chi connectivity index (χ4n) is 4.07. The summed E-state index contributed by atoms with van der Waals surface area (Å²) in [6.45, 7) is 3.35. The number of nitrogens with zero attached hydrogens (tertiary/aromatic N) is 1. The molecule has 1 spiro atoms. The highest BCUT2D eigenvalue weighted by atomic mass is 19.1. The summed E-state index contributed by atoms with van der Waals surface area (Å²) in [4.78, 5) is 2.49. The van der Waals surface area contributed by atoms with Gasteiger partial charge in [0.15, 0.2) is 0 Å². The normalized spacial score (nSPS) is 40.0. The summed E-state index contributed by atoms with van der Waals surface area (Å²) in [5, 5.41) is 0. The standard InChI is InChI=1S/C15H19FN2O/c16-11-1-2-12-13(17)8-15(19-14(12)7-11)4-6-18-5-3-10(15)9-18/h1-2,7,10,13H,3-6,8-9,17H2. The minimum atomic E-state index is -0.244. The molecule has 102 valence electrons. The molecule has 3 heterocycles. The molecule has 4 heteroatoms. The van der Waals surface area contributed by atoms with E-state index in [9.17, 15) is 4.39 Å². The summed E-state index contributed by atoms with van der Waals surface area (Å²) in [5.41, 5.74) is 7.11. The van der Waals surface area contributed by atoms with Gasteiger partial charge in [0.25, 0.3) is 0 Å². The van der Waals surface area contributed by atoms with Gasteiger partial charge in [-0.1, -0.05) is 6.07 Å². The molecule has 0 amide bonds. The molecule has 1 aromatic rings. The maximum absolute atomic E-state index is 13.4. The maximum Gasteiger partial charge on any atom is 0.127 e. The largest absolute Gasteiger partial charge is 0.486 e. The van der Waals surface area contributed by atoms with Crippen LogP contribution in [0.5, 0.6) is 5.75 Å². The monoisotopic (exact) mass is 262 g/mol. The predicted molar refractivity (Wildman–Crippen MR) is 70.5 cm³/mol. The third kappa shape index (κ3) is 1.70. The van der Waals surface area contributed by atoms with E-state index >= 15 is 0 Å². The summed E-state index contributed by atoms with van der Waals surface area (Å²) in [7, 11) is 0. The van der Waals surface area contributed by atoms with E-state index in [4.69, 9.17) is 10.5 Å². The van der Waals surface area contributed by atoms with Crippen molar-refractivity contribution in [2.75, 3.05) is 19.6 Å². The van der Waals surface area contributed by atoms with Crippen LogP contribution in [0.15, 0.2) is 18.2 Å². The number of hydrogen-bond donors (Lipinski definition) is 1. The molecule has 3 aliphatic heterocycles. The number of nitrogens with two attached hydrogens (primary N) is 1. The Bertz CT molecular complexity index is 521. The summed E-state index contributed by atoms with van der Waals surface area (Å²) in [5.74, 6) is 0.967. The number of benzene rings is 1. The highest BCUT2D eigenvalue weighted by Crippen LogP contribution is 2.48. The lowest BCUT2D eigenvalue weighted by atomic mass is 9.75. The van der Waals surface area contributed by atoms with Crippen LogP contribution in [0.3, 0.4) is 0 Å². The van der Waals surface area contributed by atoms with Crippen molar-refractivity contribution in [3.05, 3.63) is 29.6 Å². The highest BCUT2D eigenvalue weighted by molar-refractivity contribution is 5.39. The third-order valence-electron chi connectivity index (χ3n) is 5.12. The molecule has 4 unspecified atom stereocenters. The van der Waals surface area contributed by atoms with E-state index in [-0.39, 0.29) is 17.5 Å². The van der Waals surface area contributed by atoms with Crippen molar-refractivity contribution >= 4 is 0 Å². The number of ether oxygens (including phenoxy) is 1. The van der Waals surface area contributed by atoms with Gasteiger partial charge in [-0.25, -0.2) is 4.39 Å². The summed E-state index contributed by atoms with van der Waals surface area (Å²) < 4.78 is 19.7. The minimum Gasteiger partial charge on any atom is -0.486 e. The second-order valence-electron chi connectivity index (χ2n) is 6.20. The molecular formula is C15H19FN2O. The van der Waals surface area contributed by atoms with Gasteiger partial charge in [-0.3, -0.25) is 0 Å². The number of hydrogen-bond acceptors (Lipinski definition) is 3. The van der Waals surface area contributed by atoms with Crippen molar-refractivity contribution in [3.63, 3.8) is 0 Å². The zero-order chi connectivity index (χ0) is 13.0. The first-order valence-electron chi connectivity index (χ1n) is 7.13. The molecule has 2 N–H and O–H groups in total. The van der Waals surface area contributed by atoms with Crippen LogP contribution in [0.1, 0.15) is 30.9 Å². The third-order valence-corrected chi connectivity index (χ3v) is 5.12. The Morgan fingerprint density at radius 3 is 3.16 bits per heavy atom. The SMILES string of the molecule is NC1CC2(CCN3CCC2C3)Oc2cc(F)ccc21. The van der Waals surface area contributed by atoms with Crippen LogP contribution in [0.25, 0.3) is 0 Å². The molecule has 0 saturated carbocycles. The van der Waals surface area contributed by atoms with Gasteiger partial charge in [0.05, 0.1) is 0 Å². The highest BCUT2D eigenvalue weighted by Gasteiger charge is 2.51. The molecule has 0 radical (unpaired) electrons. The Kier molecular flexibility index (Phi) is 2.42. The number of fused-ring (bicyclic) bond motifs is 4. The molecule has 4 atom stereocenters. The number of halogens is 1. The van der Waals surface area contributed by atoms with E-state index in [1.165, 1.54) is 25.1 Å². The molecule has 1 aromatic carbocycles. The molecule has 3 nitrogen and oxygen atoms in total. The molecule has 4 rings (SSSR count). The first kappa shape index (κ1) is 11.7. The molecule has 0 aliphatic carbocycles. The Morgan fingerprint density at radius 2 is 2.26 bits per heavy atom. The Morgan fingerprint density at radius 1 is 1.37 bits per heavy atom. The topological polar surface area (TPSA) is 38.5 Å². The fraction of sp³-hybridized carbons (Fsp3) is 0.600. The first-order chi connectivity index (χ1) is 9.16. The summed E-state index contributed by atoms with van der Waals surface area (Å²) >= 11 is 0. The summed E-state index contributed by atoms with van der Waals surface area (Å²) in [6, 6.07) is 4.71. The maximum atomic E-state index is 13.4. The van der Waals surface area contributed by atoms with Gasteiger partial charge in [-0.05, 0) is 19.0 Å². The van der Waals surface area contributed by atoms with Crippen LogP contribution >= 0.6 is 0 Å². The van der Waals surface area contributed by atoms with E-state index < -0.39 is 0 Å². The van der Waals surface area contributed by atoms with Crippen LogP contribution in [-0.2, 0) is 0 Å². The smallest absolute Gasteiger partial charge is 0.127 e. The van der Waals surface area contributed by atoms with Crippen LogP contribution in [0.2, 0.25) is 0 Å². The van der Waals surface area contributed by atoms with Crippen LogP contribution in [0, 0.1) is 11.7 Å².